The minimum Gasteiger partial charge on any atom is -0.476 e. The Bertz CT molecular complexity index is 612. The highest BCUT2D eigenvalue weighted by Crippen LogP contribution is 2.22. The number of carboxylic acids is 1. The van der Waals surface area contributed by atoms with Gasteiger partial charge in [-0.3, -0.25) is 4.68 Å². The van der Waals surface area contributed by atoms with E-state index in [1.807, 2.05) is 0 Å². The molecule has 1 aromatic heterocycles. The van der Waals surface area contributed by atoms with Crippen LogP contribution in [0.1, 0.15) is 10.5 Å². The van der Waals surface area contributed by atoms with E-state index in [1.54, 1.807) is 25.2 Å². The van der Waals surface area contributed by atoms with Gasteiger partial charge in [-0.05, 0) is 18.2 Å². The lowest BCUT2D eigenvalue weighted by molar-refractivity contribution is 0.0691. The quantitative estimate of drug-likeness (QED) is 0.720. The first-order valence-electron chi connectivity index (χ1n) is 5.71. The maximum atomic E-state index is 11.1. The van der Waals surface area contributed by atoms with Gasteiger partial charge in [0.2, 0.25) is 0 Å². The van der Waals surface area contributed by atoms with Gasteiger partial charge in [-0.25, -0.2) is 4.79 Å². The summed E-state index contributed by atoms with van der Waals surface area (Å²) < 4.78 is 1.52. The van der Waals surface area contributed by atoms with Gasteiger partial charge in [0.15, 0.2) is 5.69 Å². The molecule has 7 heteroatoms. The van der Waals surface area contributed by atoms with Crippen molar-refractivity contribution in [3.8, 4) is 0 Å². The molecule has 0 fully saturated rings. The molecule has 2 aromatic rings. The van der Waals surface area contributed by atoms with Crippen molar-refractivity contribution in [3.05, 3.63) is 23.9 Å². The number of halogens is 1. The highest BCUT2D eigenvalue weighted by atomic mass is 35.5. The lowest BCUT2D eigenvalue weighted by Crippen LogP contribution is -2.20. The second kappa shape index (κ2) is 5.46. The second-order valence-corrected chi connectivity index (χ2v) is 4.51. The first kappa shape index (κ1) is 13.6. The Hall–Kier alpha value is -1.79. The number of rotatable bonds is 5. The summed E-state index contributed by atoms with van der Waals surface area (Å²) in [4.78, 5) is 11.1. The van der Waals surface area contributed by atoms with E-state index in [2.05, 4.69) is 10.4 Å². The molecule has 1 atom stereocenters. The number of aromatic carboxylic acids is 1. The van der Waals surface area contributed by atoms with Crippen LogP contribution < -0.4 is 5.32 Å². The Morgan fingerprint density at radius 2 is 2.32 bits per heavy atom. The van der Waals surface area contributed by atoms with Crippen molar-refractivity contribution in [2.75, 3.05) is 17.7 Å². The smallest absolute Gasteiger partial charge is 0.357 e. The third-order valence-corrected chi connectivity index (χ3v) is 3.13. The Kier molecular flexibility index (Phi) is 3.92. The molecule has 0 aliphatic carbocycles. The van der Waals surface area contributed by atoms with Crippen LogP contribution in [0.3, 0.4) is 0 Å². The first-order chi connectivity index (χ1) is 9.02. The minimum atomic E-state index is -1.07. The predicted molar refractivity (Wildman–Crippen MR) is 72.9 cm³/mol. The number of hydrogen-bond acceptors (Lipinski definition) is 4. The maximum absolute atomic E-state index is 11.1. The summed E-state index contributed by atoms with van der Waals surface area (Å²) in [6.45, 7) is 0.303. The average Bonchev–Trinajstić information content (AvgIpc) is 2.73. The van der Waals surface area contributed by atoms with Crippen LogP contribution in [0.4, 0.5) is 5.69 Å². The topological polar surface area (TPSA) is 87.4 Å². The molecule has 1 unspecified atom stereocenters. The minimum absolute atomic E-state index is 0.0130. The molecule has 1 aromatic carbocycles. The molecule has 19 heavy (non-hydrogen) atoms. The van der Waals surface area contributed by atoms with Crippen LogP contribution in [0, 0.1) is 0 Å². The number of anilines is 1. The van der Waals surface area contributed by atoms with Crippen molar-refractivity contribution in [2.45, 2.75) is 6.10 Å². The second-order valence-electron chi connectivity index (χ2n) is 4.20. The Morgan fingerprint density at radius 1 is 1.58 bits per heavy atom. The van der Waals surface area contributed by atoms with E-state index in [0.29, 0.717) is 17.6 Å². The van der Waals surface area contributed by atoms with Crippen LogP contribution in [0.2, 0.25) is 0 Å². The number of benzene rings is 1. The number of aryl methyl sites for hydroxylation is 1. The first-order valence-corrected chi connectivity index (χ1v) is 6.24. The van der Waals surface area contributed by atoms with Crippen molar-refractivity contribution >= 4 is 34.2 Å². The Balaban J connectivity index is 2.33. The summed E-state index contributed by atoms with van der Waals surface area (Å²) in [6, 6.07) is 5.29. The molecular formula is C12H14ClN3O3. The van der Waals surface area contributed by atoms with Gasteiger partial charge in [-0.2, -0.15) is 5.10 Å². The average molecular weight is 284 g/mol. The number of carboxylic acid groups (broad SMARTS) is 1. The van der Waals surface area contributed by atoms with Gasteiger partial charge in [0.1, 0.15) is 0 Å². The third kappa shape index (κ3) is 2.80. The lowest BCUT2D eigenvalue weighted by Gasteiger charge is -2.10. The van der Waals surface area contributed by atoms with Crippen LogP contribution >= 0.6 is 11.6 Å². The van der Waals surface area contributed by atoms with Crippen LogP contribution in [-0.2, 0) is 7.05 Å². The molecule has 0 radical (unpaired) electrons. The molecule has 0 aliphatic heterocycles. The van der Waals surface area contributed by atoms with Gasteiger partial charge in [0.25, 0.3) is 0 Å². The van der Waals surface area contributed by atoms with Crippen molar-refractivity contribution in [3.63, 3.8) is 0 Å². The number of aliphatic hydroxyl groups is 1. The molecular weight excluding hydrogens is 270 g/mol. The molecule has 0 aliphatic rings. The molecule has 6 nitrogen and oxygen atoms in total. The molecule has 0 saturated heterocycles. The monoisotopic (exact) mass is 283 g/mol. The van der Waals surface area contributed by atoms with E-state index in [0.717, 1.165) is 5.52 Å². The summed E-state index contributed by atoms with van der Waals surface area (Å²) in [6.07, 6.45) is -0.648. The summed E-state index contributed by atoms with van der Waals surface area (Å²) in [5.41, 5.74) is 1.46. The van der Waals surface area contributed by atoms with Gasteiger partial charge in [-0.15, -0.1) is 11.6 Å². The standard InChI is InChI=1S/C12H14ClN3O3/c1-16-10-3-2-7(14-6-8(17)5-13)4-9(10)11(15-16)12(18)19/h2-4,8,14,17H,5-6H2,1H3,(H,18,19). The van der Waals surface area contributed by atoms with Crippen LogP contribution in [0.25, 0.3) is 10.9 Å². The van der Waals surface area contributed by atoms with Gasteiger partial charge in [0.05, 0.1) is 17.5 Å². The van der Waals surface area contributed by atoms with Crippen molar-refractivity contribution in [1.29, 1.82) is 0 Å². The van der Waals surface area contributed by atoms with Crippen molar-refractivity contribution < 1.29 is 15.0 Å². The SMILES string of the molecule is Cn1nc(C(=O)O)c2cc(NCC(O)CCl)ccc21. The summed E-state index contributed by atoms with van der Waals surface area (Å²) in [5, 5.41) is 26.0. The fourth-order valence-electron chi connectivity index (χ4n) is 1.82. The molecule has 102 valence electrons. The number of fused-ring (bicyclic) bond motifs is 1. The molecule has 0 bridgehead atoms. The van der Waals surface area contributed by atoms with E-state index in [9.17, 15) is 9.90 Å². The summed E-state index contributed by atoms with van der Waals surface area (Å²) in [5.74, 6) is -0.925. The van der Waals surface area contributed by atoms with Gasteiger partial charge in [-0.1, -0.05) is 0 Å². The highest BCUT2D eigenvalue weighted by molar-refractivity contribution is 6.18. The van der Waals surface area contributed by atoms with E-state index in [1.165, 1.54) is 4.68 Å². The van der Waals surface area contributed by atoms with E-state index in [-0.39, 0.29) is 11.6 Å². The fourth-order valence-corrected chi connectivity index (χ4v) is 1.93. The van der Waals surface area contributed by atoms with Crippen molar-refractivity contribution in [2.24, 2.45) is 7.05 Å². The zero-order valence-electron chi connectivity index (χ0n) is 10.3. The van der Waals surface area contributed by atoms with Crippen LogP contribution in [-0.4, -0.2) is 44.5 Å². The molecule has 0 spiro atoms. The zero-order chi connectivity index (χ0) is 14.0. The zero-order valence-corrected chi connectivity index (χ0v) is 11.1. The van der Waals surface area contributed by atoms with Crippen LogP contribution in [0.5, 0.6) is 0 Å². The molecule has 3 N–H and O–H groups in total. The van der Waals surface area contributed by atoms with Crippen molar-refractivity contribution in [1.82, 2.24) is 9.78 Å². The molecule has 1 heterocycles. The highest BCUT2D eigenvalue weighted by Gasteiger charge is 2.15. The molecule has 2 rings (SSSR count). The normalized spacial score (nSPS) is 12.6. The maximum Gasteiger partial charge on any atom is 0.357 e. The van der Waals surface area contributed by atoms with Crippen LogP contribution in [0.15, 0.2) is 18.2 Å². The summed E-state index contributed by atoms with van der Waals surface area (Å²) >= 11 is 5.50. The van der Waals surface area contributed by atoms with Gasteiger partial charge < -0.3 is 15.5 Å². The van der Waals surface area contributed by atoms with E-state index in [4.69, 9.17) is 16.7 Å². The number of aliphatic hydroxyl groups excluding tert-OH is 1. The number of nitrogens with zero attached hydrogens (tertiary/aromatic N) is 2. The Labute approximate surface area is 114 Å². The molecule has 0 amide bonds. The number of alkyl halides is 1. The number of nitrogens with one attached hydrogen (secondary N) is 1. The number of aromatic nitrogens is 2. The van der Waals surface area contributed by atoms with E-state index >= 15 is 0 Å². The fraction of sp³-hybridized carbons (Fsp3) is 0.333. The lowest BCUT2D eigenvalue weighted by atomic mass is 10.2. The third-order valence-electron chi connectivity index (χ3n) is 2.77. The molecule has 0 saturated carbocycles. The van der Waals surface area contributed by atoms with Gasteiger partial charge >= 0.3 is 5.97 Å². The Morgan fingerprint density at radius 3 is 2.95 bits per heavy atom. The predicted octanol–water partition coefficient (Wildman–Crippen LogP) is 1.28. The number of carbonyl (C=O) groups is 1. The number of hydrogen-bond donors (Lipinski definition) is 3. The summed E-state index contributed by atoms with van der Waals surface area (Å²) in [7, 11) is 1.69. The largest absolute Gasteiger partial charge is 0.476 e. The van der Waals surface area contributed by atoms with E-state index < -0.39 is 12.1 Å². The van der Waals surface area contributed by atoms with Gasteiger partial charge in [0, 0.05) is 24.7 Å².